The third-order valence-electron chi connectivity index (χ3n) is 2.75. The first-order valence-electron chi connectivity index (χ1n) is 5.94. The Morgan fingerprint density at radius 2 is 1.61 bits per heavy atom. The Bertz CT molecular complexity index is 551. The molecule has 10 heteroatoms. The largest absolute Gasteiger partial charge is 0.430 e. The van der Waals surface area contributed by atoms with Gasteiger partial charge in [0.15, 0.2) is 0 Å². The minimum Gasteiger partial charge on any atom is -0.369 e. The zero-order valence-electron chi connectivity index (χ0n) is 11.3. The summed E-state index contributed by atoms with van der Waals surface area (Å²) in [5, 5.41) is 9.17. The van der Waals surface area contributed by atoms with Crippen molar-refractivity contribution in [3.05, 3.63) is 48.0 Å². The number of hydrogen-bond acceptors (Lipinski definition) is 3. The summed E-state index contributed by atoms with van der Waals surface area (Å²) in [6, 6.07) is 2.13. The predicted octanol–water partition coefficient (Wildman–Crippen LogP) is 2.85. The van der Waals surface area contributed by atoms with Crippen LogP contribution in [0.25, 0.3) is 0 Å². The number of rotatable bonds is 5. The Balaban J connectivity index is 3.10. The monoisotopic (exact) mass is 343 g/mol. The molecule has 0 aliphatic rings. The summed E-state index contributed by atoms with van der Waals surface area (Å²) in [6.07, 6.45) is -10.7. The highest BCUT2D eigenvalue weighted by Gasteiger charge is 2.71. The van der Waals surface area contributed by atoms with E-state index in [2.05, 4.69) is 11.4 Å². The van der Waals surface area contributed by atoms with Crippen LogP contribution in [0.2, 0.25) is 0 Å². The molecule has 128 valence electrons. The number of nitrogens with one attached hydrogen (secondary N) is 1. The van der Waals surface area contributed by atoms with Gasteiger partial charge in [0, 0.05) is 11.1 Å². The van der Waals surface area contributed by atoms with Gasteiger partial charge in [0.1, 0.15) is 0 Å². The third kappa shape index (κ3) is 3.82. The van der Waals surface area contributed by atoms with Gasteiger partial charge in [-0.05, 0) is 12.1 Å². The van der Waals surface area contributed by atoms with E-state index >= 15 is 0 Å². The summed E-state index contributed by atoms with van der Waals surface area (Å²) < 4.78 is 76.0. The molecule has 0 aliphatic carbocycles. The first kappa shape index (κ1) is 19.0. The Kier molecular flexibility index (Phi) is 5.43. The second-order valence-electron chi connectivity index (χ2n) is 4.31. The summed E-state index contributed by atoms with van der Waals surface area (Å²) in [4.78, 5) is 16.1. The van der Waals surface area contributed by atoms with Crippen molar-refractivity contribution < 1.29 is 41.1 Å². The number of carbonyl (C=O) groups excluding carboxylic acids is 1. The fourth-order valence-electron chi connectivity index (χ4n) is 1.58. The van der Waals surface area contributed by atoms with E-state index in [1.54, 1.807) is 0 Å². The SMILES string of the molecule is C=CCONC(=O)c1ccc(C(O)(C(F)(F)F)C(F)(F)F)cc1. The van der Waals surface area contributed by atoms with Crippen molar-refractivity contribution in [2.24, 2.45) is 0 Å². The van der Waals surface area contributed by atoms with E-state index in [-0.39, 0.29) is 12.2 Å². The summed E-state index contributed by atoms with van der Waals surface area (Å²) >= 11 is 0. The van der Waals surface area contributed by atoms with E-state index < -0.39 is 29.4 Å². The average molecular weight is 343 g/mol. The van der Waals surface area contributed by atoms with Gasteiger partial charge in [-0.3, -0.25) is 9.63 Å². The van der Waals surface area contributed by atoms with Gasteiger partial charge in [-0.2, -0.15) is 26.3 Å². The molecule has 0 heterocycles. The topological polar surface area (TPSA) is 58.6 Å². The molecule has 0 aliphatic heterocycles. The molecule has 0 atom stereocenters. The maximum atomic E-state index is 12.7. The van der Waals surface area contributed by atoms with Gasteiger partial charge >= 0.3 is 12.4 Å². The second kappa shape index (κ2) is 6.59. The van der Waals surface area contributed by atoms with Gasteiger partial charge in [0.2, 0.25) is 0 Å². The van der Waals surface area contributed by atoms with Crippen LogP contribution < -0.4 is 5.48 Å². The van der Waals surface area contributed by atoms with E-state index in [1.807, 2.05) is 5.48 Å². The van der Waals surface area contributed by atoms with Gasteiger partial charge in [-0.1, -0.05) is 18.2 Å². The van der Waals surface area contributed by atoms with Gasteiger partial charge in [-0.15, -0.1) is 6.58 Å². The molecule has 0 radical (unpaired) electrons. The minimum atomic E-state index is -5.98. The Hall–Kier alpha value is -2.07. The van der Waals surface area contributed by atoms with Crippen LogP contribution in [0.5, 0.6) is 0 Å². The maximum absolute atomic E-state index is 12.7. The molecule has 0 saturated carbocycles. The fourth-order valence-corrected chi connectivity index (χ4v) is 1.58. The van der Waals surface area contributed by atoms with Crippen molar-refractivity contribution in [3.8, 4) is 0 Å². The quantitative estimate of drug-likeness (QED) is 0.374. The predicted molar refractivity (Wildman–Crippen MR) is 66.1 cm³/mol. The van der Waals surface area contributed by atoms with Crippen molar-refractivity contribution in [2.45, 2.75) is 18.0 Å². The van der Waals surface area contributed by atoms with Crippen LogP contribution >= 0.6 is 0 Å². The third-order valence-corrected chi connectivity index (χ3v) is 2.75. The van der Waals surface area contributed by atoms with Crippen molar-refractivity contribution in [1.29, 1.82) is 0 Å². The average Bonchev–Trinajstić information content (AvgIpc) is 2.44. The van der Waals surface area contributed by atoms with Crippen LogP contribution in [0.1, 0.15) is 15.9 Å². The molecule has 2 N–H and O–H groups in total. The molecule has 1 rings (SSSR count). The van der Waals surface area contributed by atoms with E-state index in [4.69, 9.17) is 0 Å². The molecule has 0 unspecified atom stereocenters. The number of halogens is 6. The number of hydrogen-bond donors (Lipinski definition) is 2. The molecule has 1 amide bonds. The molecule has 0 saturated heterocycles. The number of carbonyl (C=O) groups is 1. The summed E-state index contributed by atoms with van der Waals surface area (Å²) in [7, 11) is 0. The number of benzene rings is 1. The highest BCUT2D eigenvalue weighted by Crippen LogP contribution is 2.49. The number of aliphatic hydroxyl groups is 1. The summed E-state index contributed by atoms with van der Waals surface area (Å²) in [5.74, 6) is -0.888. The summed E-state index contributed by atoms with van der Waals surface area (Å²) in [6.45, 7) is 3.25. The van der Waals surface area contributed by atoms with Crippen LogP contribution in [0.4, 0.5) is 26.3 Å². The molecule has 0 spiro atoms. The van der Waals surface area contributed by atoms with Crippen molar-refractivity contribution in [2.75, 3.05) is 6.61 Å². The van der Waals surface area contributed by atoms with E-state index in [0.29, 0.717) is 24.3 Å². The Morgan fingerprint density at radius 1 is 1.13 bits per heavy atom. The first-order valence-corrected chi connectivity index (χ1v) is 5.94. The first-order chi connectivity index (χ1) is 10.4. The molecule has 1 aromatic carbocycles. The van der Waals surface area contributed by atoms with Crippen LogP contribution in [-0.2, 0) is 10.4 Å². The van der Waals surface area contributed by atoms with Crippen molar-refractivity contribution >= 4 is 5.91 Å². The highest BCUT2D eigenvalue weighted by molar-refractivity contribution is 5.93. The van der Waals surface area contributed by atoms with Crippen molar-refractivity contribution in [3.63, 3.8) is 0 Å². The number of alkyl halides is 6. The number of hydroxylamine groups is 1. The Labute approximate surface area is 126 Å². The molecule has 1 aromatic rings. The Morgan fingerprint density at radius 3 is 2.00 bits per heavy atom. The molecule has 23 heavy (non-hydrogen) atoms. The van der Waals surface area contributed by atoms with Gasteiger partial charge in [0.25, 0.3) is 11.5 Å². The lowest BCUT2D eigenvalue weighted by Gasteiger charge is -2.32. The molecule has 4 nitrogen and oxygen atoms in total. The smallest absolute Gasteiger partial charge is 0.369 e. The summed E-state index contributed by atoms with van der Waals surface area (Å²) in [5.41, 5.74) is -4.85. The van der Waals surface area contributed by atoms with Gasteiger partial charge in [-0.25, -0.2) is 5.48 Å². The normalized spacial score (nSPS) is 12.8. The van der Waals surface area contributed by atoms with E-state index in [1.165, 1.54) is 6.08 Å². The van der Waals surface area contributed by atoms with Gasteiger partial charge in [0.05, 0.1) is 6.61 Å². The van der Waals surface area contributed by atoms with Gasteiger partial charge < -0.3 is 5.11 Å². The second-order valence-corrected chi connectivity index (χ2v) is 4.31. The standard InChI is InChI=1S/C13H11F6NO3/c1-2-7-23-20-10(21)8-3-5-9(6-4-8)11(22,12(14,15)16)13(17,18)19/h2-6,22H,1,7H2,(H,20,21). The fraction of sp³-hybridized carbons (Fsp3) is 0.308. The lowest BCUT2D eigenvalue weighted by Crippen LogP contribution is -2.53. The van der Waals surface area contributed by atoms with Crippen LogP contribution in [0.15, 0.2) is 36.9 Å². The van der Waals surface area contributed by atoms with E-state index in [0.717, 1.165) is 0 Å². The molecule has 0 bridgehead atoms. The zero-order valence-corrected chi connectivity index (χ0v) is 11.3. The number of amides is 1. The van der Waals surface area contributed by atoms with Crippen molar-refractivity contribution in [1.82, 2.24) is 5.48 Å². The minimum absolute atomic E-state index is 0.0499. The van der Waals surface area contributed by atoms with E-state index in [9.17, 15) is 36.2 Å². The lowest BCUT2D eigenvalue weighted by molar-refractivity contribution is -0.376. The van der Waals surface area contributed by atoms with Crippen LogP contribution in [-0.4, -0.2) is 30.0 Å². The lowest BCUT2D eigenvalue weighted by atomic mass is 9.91. The molecule has 0 aromatic heterocycles. The molecule has 0 fully saturated rings. The maximum Gasteiger partial charge on any atom is 0.430 e. The molecular formula is C13H11F6NO3. The van der Waals surface area contributed by atoms with Crippen LogP contribution in [0, 0.1) is 0 Å². The zero-order chi connectivity index (χ0) is 17.9. The van der Waals surface area contributed by atoms with Crippen LogP contribution in [0.3, 0.4) is 0 Å². The highest BCUT2D eigenvalue weighted by atomic mass is 19.4. The molecular weight excluding hydrogens is 332 g/mol.